The number of esters is 1. The molecule has 19 heavy (non-hydrogen) atoms. The van der Waals surface area contributed by atoms with Crippen LogP contribution in [0.4, 0.5) is 0 Å². The molecule has 0 saturated carbocycles. The van der Waals surface area contributed by atoms with Crippen molar-refractivity contribution in [2.75, 3.05) is 33.4 Å². The third-order valence-corrected chi connectivity index (χ3v) is 3.81. The van der Waals surface area contributed by atoms with Crippen LogP contribution in [-0.4, -0.2) is 44.3 Å². The lowest BCUT2D eigenvalue weighted by Crippen LogP contribution is -2.47. The Morgan fingerprint density at radius 2 is 1.79 bits per heavy atom. The molecule has 1 aromatic rings. The van der Waals surface area contributed by atoms with Gasteiger partial charge in [0, 0.05) is 18.6 Å². The van der Waals surface area contributed by atoms with E-state index in [0.29, 0.717) is 5.56 Å². The quantitative estimate of drug-likeness (QED) is 0.782. The van der Waals surface area contributed by atoms with Crippen LogP contribution in [0.2, 0.25) is 0 Å². The molecule has 2 rings (SSSR count). The smallest absolute Gasteiger partial charge is 0.337 e. The van der Waals surface area contributed by atoms with Crippen LogP contribution < -0.4 is 0 Å². The molecule has 1 heterocycles. The predicted molar refractivity (Wildman–Crippen MR) is 73.2 cm³/mol. The number of benzene rings is 1. The standard InChI is InChI=1S/C15H21NO3/c1-15(2,16-8-10-19-11-9-16)13-6-4-12(5-7-13)14(17)18-3/h4-7H,8-11H2,1-3H3. The fourth-order valence-corrected chi connectivity index (χ4v) is 2.44. The Hall–Kier alpha value is -1.39. The molecule has 4 nitrogen and oxygen atoms in total. The van der Waals surface area contributed by atoms with E-state index in [1.807, 2.05) is 24.3 Å². The summed E-state index contributed by atoms with van der Waals surface area (Å²) in [5.41, 5.74) is 1.73. The Kier molecular flexibility index (Phi) is 4.22. The van der Waals surface area contributed by atoms with Crippen molar-refractivity contribution in [2.24, 2.45) is 0 Å². The summed E-state index contributed by atoms with van der Waals surface area (Å²) >= 11 is 0. The van der Waals surface area contributed by atoms with E-state index in [-0.39, 0.29) is 11.5 Å². The van der Waals surface area contributed by atoms with Crippen molar-refractivity contribution in [3.8, 4) is 0 Å². The first-order valence-corrected chi connectivity index (χ1v) is 6.57. The van der Waals surface area contributed by atoms with Crippen LogP contribution in [0.15, 0.2) is 24.3 Å². The van der Waals surface area contributed by atoms with E-state index < -0.39 is 0 Å². The largest absolute Gasteiger partial charge is 0.465 e. The number of nitrogens with zero attached hydrogens (tertiary/aromatic N) is 1. The van der Waals surface area contributed by atoms with Crippen LogP contribution in [0.5, 0.6) is 0 Å². The molecular formula is C15H21NO3. The lowest BCUT2D eigenvalue weighted by Gasteiger charge is -2.41. The lowest BCUT2D eigenvalue weighted by atomic mass is 9.91. The number of carbonyl (C=O) groups excluding carboxylic acids is 1. The van der Waals surface area contributed by atoms with Crippen LogP contribution in [0.25, 0.3) is 0 Å². The van der Waals surface area contributed by atoms with Crippen molar-refractivity contribution in [1.82, 2.24) is 4.90 Å². The van der Waals surface area contributed by atoms with Gasteiger partial charge in [-0.2, -0.15) is 0 Å². The average Bonchev–Trinajstić information content (AvgIpc) is 2.47. The molecule has 1 aliphatic heterocycles. The van der Waals surface area contributed by atoms with Gasteiger partial charge in [0.05, 0.1) is 25.9 Å². The van der Waals surface area contributed by atoms with Crippen molar-refractivity contribution in [3.63, 3.8) is 0 Å². The fourth-order valence-electron chi connectivity index (χ4n) is 2.44. The molecule has 0 aliphatic carbocycles. The zero-order valence-corrected chi connectivity index (χ0v) is 11.8. The highest BCUT2D eigenvalue weighted by molar-refractivity contribution is 5.89. The molecule has 1 aliphatic rings. The summed E-state index contributed by atoms with van der Waals surface area (Å²) in [6.07, 6.45) is 0. The highest BCUT2D eigenvalue weighted by atomic mass is 16.5. The predicted octanol–water partition coefficient (Wildman–Crippen LogP) is 2.04. The molecule has 1 fully saturated rings. The van der Waals surface area contributed by atoms with E-state index in [9.17, 15) is 4.79 Å². The van der Waals surface area contributed by atoms with Crippen LogP contribution in [-0.2, 0) is 15.0 Å². The van der Waals surface area contributed by atoms with Gasteiger partial charge in [-0.3, -0.25) is 4.90 Å². The van der Waals surface area contributed by atoms with Crippen molar-refractivity contribution in [2.45, 2.75) is 19.4 Å². The second kappa shape index (κ2) is 5.72. The molecule has 0 spiro atoms. The van der Waals surface area contributed by atoms with Gasteiger partial charge in [0.25, 0.3) is 0 Å². The lowest BCUT2D eigenvalue weighted by molar-refractivity contribution is -0.0118. The molecule has 0 N–H and O–H groups in total. The van der Waals surface area contributed by atoms with Crippen molar-refractivity contribution in [3.05, 3.63) is 35.4 Å². The normalized spacial score (nSPS) is 17.2. The maximum absolute atomic E-state index is 11.4. The molecule has 4 heteroatoms. The van der Waals surface area contributed by atoms with Gasteiger partial charge in [-0.05, 0) is 31.5 Å². The maximum Gasteiger partial charge on any atom is 0.337 e. The first-order valence-electron chi connectivity index (χ1n) is 6.57. The van der Waals surface area contributed by atoms with E-state index >= 15 is 0 Å². The number of ether oxygens (including phenoxy) is 2. The Morgan fingerprint density at radius 1 is 1.21 bits per heavy atom. The topological polar surface area (TPSA) is 38.8 Å². The van der Waals surface area contributed by atoms with Crippen LogP contribution in [0, 0.1) is 0 Å². The Labute approximate surface area is 114 Å². The first-order chi connectivity index (χ1) is 9.05. The fraction of sp³-hybridized carbons (Fsp3) is 0.533. The zero-order valence-electron chi connectivity index (χ0n) is 11.8. The summed E-state index contributed by atoms with van der Waals surface area (Å²) in [7, 11) is 1.40. The number of carbonyl (C=O) groups is 1. The molecule has 104 valence electrons. The summed E-state index contributed by atoms with van der Waals surface area (Å²) in [6, 6.07) is 7.65. The second-order valence-corrected chi connectivity index (χ2v) is 5.23. The molecule has 0 bridgehead atoms. The van der Waals surface area contributed by atoms with Crippen molar-refractivity contribution in [1.29, 1.82) is 0 Å². The zero-order chi connectivity index (χ0) is 13.9. The maximum atomic E-state index is 11.4. The number of hydrogen-bond donors (Lipinski definition) is 0. The number of rotatable bonds is 3. The van der Waals surface area contributed by atoms with Gasteiger partial charge in [0.1, 0.15) is 0 Å². The molecular weight excluding hydrogens is 242 g/mol. The van der Waals surface area contributed by atoms with E-state index in [0.717, 1.165) is 26.3 Å². The van der Waals surface area contributed by atoms with Crippen molar-refractivity contribution < 1.29 is 14.3 Å². The number of hydrogen-bond acceptors (Lipinski definition) is 4. The Morgan fingerprint density at radius 3 is 2.32 bits per heavy atom. The SMILES string of the molecule is COC(=O)c1ccc(C(C)(C)N2CCOCC2)cc1. The van der Waals surface area contributed by atoms with Gasteiger partial charge < -0.3 is 9.47 Å². The van der Waals surface area contributed by atoms with E-state index in [1.165, 1.54) is 12.7 Å². The average molecular weight is 263 g/mol. The summed E-state index contributed by atoms with van der Waals surface area (Å²) in [5.74, 6) is -0.296. The van der Waals surface area contributed by atoms with Gasteiger partial charge in [0.2, 0.25) is 0 Å². The number of morpholine rings is 1. The van der Waals surface area contributed by atoms with Gasteiger partial charge >= 0.3 is 5.97 Å². The van der Waals surface area contributed by atoms with Gasteiger partial charge in [-0.25, -0.2) is 4.79 Å². The van der Waals surface area contributed by atoms with Crippen LogP contribution in [0.1, 0.15) is 29.8 Å². The van der Waals surface area contributed by atoms with Crippen LogP contribution >= 0.6 is 0 Å². The highest BCUT2D eigenvalue weighted by Gasteiger charge is 2.29. The molecule has 0 atom stereocenters. The number of methoxy groups -OCH3 is 1. The molecule has 1 saturated heterocycles. The third-order valence-electron chi connectivity index (χ3n) is 3.81. The minimum atomic E-state index is -0.296. The van der Waals surface area contributed by atoms with E-state index in [1.54, 1.807) is 0 Å². The minimum Gasteiger partial charge on any atom is -0.465 e. The summed E-state index contributed by atoms with van der Waals surface area (Å²) in [6.45, 7) is 7.84. The molecule has 0 amide bonds. The monoisotopic (exact) mass is 263 g/mol. The highest BCUT2D eigenvalue weighted by Crippen LogP contribution is 2.28. The molecule has 0 aromatic heterocycles. The molecule has 0 unspecified atom stereocenters. The van der Waals surface area contributed by atoms with Crippen molar-refractivity contribution >= 4 is 5.97 Å². The van der Waals surface area contributed by atoms with Crippen LogP contribution in [0.3, 0.4) is 0 Å². The molecule has 0 radical (unpaired) electrons. The van der Waals surface area contributed by atoms with Gasteiger partial charge in [-0.15, -0.1) is 0 Å². The summed E-state index contributed by atoms with van der Waals surface area (Å²) in [5, 5.41) is 0. The minimum absolute atomic E-state index is 0.0571. The first kappa shape index (κ1) is 14.0. The van der Waals surface area contributed by atoms with E-state index in [2.05, 4.69) is 18.7 Å². The summed E-state index contributed by atoms with van der Waals surface area (Å²) < 4.78 is 10.1. The third kappa shape index (κ3) is 2.96. The second-order valence-electron chi connectivity index (χ2n) is 5.23. The Balaban J connectivity index is 2.17. The molecule has 1 aromatic carbocycles. The van der Waals surface area contributed by atoms with E-state index in [4.69, 9.17) is 9.47 Å². The van der Waals surface area contributed by atoms with Gasteiger partial charge in [0.15, 0.2) is 0 Å². The summed E-state index contributed by atoms with van der Waals surface area (Å²) in [4.78, 5) is 13.8. The Bertz CT molecular complexity index is 433. The van der Waals surface area contributed by atoms with Gasteiger partial charge in [-0.1, -0.05) is 12.1 Å².